The molecule has 0 spiro atoms. The molecule has 0 aliphatic heterocycles. The molecule has 20 heavy (non-hydrogen) atoms. The van der Waals surface area contributed by atoms with Crippen LogP contribution in [0.5, 0.6) is 0 Å². The van der Waals surface area contributed by atoms with Crippen molar-refractivity contribution in [3.05, 3.63) is 24.3 Å². The second-order valence-electron chi connectivity index (χ2n) is 5.15. The molecule has 0 radical (unpaired) electrons. The van der Waals surface area contributed by atoms with Gasteiger partial charge < -0.3 is 0 Å². The summed E-state index contributed by atoms with van der Waals surface area (Å²) in [5.41, 5.74) is 0.954. The summed E-state index contributed by atoms with van der Waals surface area (Å²) >= 11 is 7.38. The van der Waals surface area contributed by atoms with E-state index in [0.717, 1.165) is 28.2 Å². The van der Waals surface area contributed by atoms with Gasteiger partial charge in [0.1, 0.15) is 5.88 Å². The third-order valence-electron chi connectivity index (χ3n) is 3.81. The van der Waals surface area contributed by atoms with E-state index in [2.05, 4.69) is 4.98 Å². The van der Waals surface area contributed by atoms with E-state index in [0.29, 0.717) is 0 Å². The number of hydrogen-bond donors (Lipinski definition) is 0. The minimum Gasteiger partial charge on any atom is -0.284 e. The van der Waals surface area contributed by atoms with Crippen molar-refractivity contribution in [3.8, 4) is 0 Å². The molecule has 0 bridgehead atoms. The summed E-state index contributed by atoms with van der Waals surface area (Å²) in [5.74, 6) is -0.00972. The number of nitrogens with zero attached hydrogens (tertiary/aromatic N) is 2. The molecule has 1 aliphatic rings. The smallest absolute Gasteiger partial charge is 0.243 e. The van der Waals surface area contributed by atoms with E-state index in [9.17, 15) is 4.79 Å². The zero-order chi connectivity index (χ0) is 13.9. The van der Waals surface area contributed by atoms with E-state index in [1.54, 1.807) is 11.3 Å². The van der Waals surface area contributed by atoms with Crippen LogP contribution < -0.4 is 4.90 Å². The maximum absolute atomic E-state index is 12.2. The molecule has 1 aromatic heterocycles. The van der Waals surface area contributed by atoms with E-state index >= 15 is 0 Å². The number of carbonyl (C=O) groups is 1. The van der Waals surface area contributed by atoms with Crippen LogP contribution in [-0.4, -0.2) is 22.8 Å². The van der Waals surface area contributed by atoms with E-state index in [-0.39, 0.29) is 17.8 Å². The Kier molecular flexibility index (Phi) is 4.22. The minimum atomic E-state index is -0.0300. The Morgan fingerprint density at radius 3 is 2.75 bits per heavy atom. The van der Waals surface area contributed by atoms with Gasteiger partial charge >= 0.3 is 0 Å². The van der Waals surface area contributed by atoms with E-state index in [1.165, 1.54) is 19.3 Å². The monoisotopic (exact) mass is 308 g/mol. The van der Waals surface area contributed by atoms with Gasteiger partial charge in [0.05, 0.1) is 10.2 Å². The van der Waals surface area contributed by atoms with Crippen molar-refractivity contribution in [1.82, 2.24) is 4.98 Å². The average molecular weight is 309 g/mol. The highest BCUT2D eigenvalue weighted by atomic mass is 35.5. The highest BCUT2D eigenvalue weighted by Crippen LogP contribution is 2.33. The zero-order valence-electron chi connectivity index (χ0n) is 11.2. The number of anilines is 1. The van der Waals surface area contributed by atoms with Crippen molar-refractivity contribution in [2.24, 2.45) is 0 Å². The van der Waals surface area contributed by atoms with Gasteiger partial charge in [-0.25, -0.2) is 4.98 Å². The summed E-state index contributed by atoms with van der Waals surface area (Å²) in [6.07, 6.45) is 5.74. The average Bonchev–Trinajstić information content (AvgIpc) is 2.91. The SMILES string of the molecule is O=C(CCl)N(c1nc2ccccc2s1)C1CCCCC1. The van der Waals surface area contributed by atoms with Crippen LogP contribution in [0.2, 0.25) is 0 Å². The van der Waals surface area contributed by atoms with Crippen LogP contribution in [0, 0.1) is 0 Å². The predicted octanol–water partition coefficient (Wildman–Crippen LogP) is 4.20. The van der Waals surface area contributed by atoms with E-state index in [4.69, 9.17) is 11.6 Å². The maximum atomic E-state index is 12.2. The van der Waals surface area contributed by atoms with Crippen molar-refractivity contribution >= 4 is 44.2 Å². The van der Waals surface area contributed by atoms with Gasteiger partial charge in [0, 0.05) is 6.04 Å². The van der Waals surface area contributed by atoms with Crippen molar-refractivity contribution in [2.45, 2.75) is 38.1 Å². The molecular weight excluding hydrogens is 292 g/mol. The number of amides is 1. The van der Waals surface area contributed by atoms with Gasteiger partial charge in [-0.15, -0.1) is 11.6 Å². The Morgan fingerprint density at radius 1 is 1.30 bits per heavy atom. The normalized spacial score (nSPS) is 16.4. The molecule has 0 N–H and O–H groups in total. The Bertz CT molecular complexity index is 574. The molecule has 3 rings (SSSR count). The first-order valence-electron chi connectivity index (χ1n) is 7.03. The number of rotatable bonds is 3. The molecule has 3 nitrogen and oxygen atoms in total. The molecule has 2 aromatic rings. The Balaban J connectivity index is 1.97. The molecule has 0 unspecified atom stereocenters. The number of thiazole rings is 1. The predicted molar refractivity (Wildman–Crippen MR) is 84.7 cm³/mol. The molecule has 1 fully saturated rings. The fourth-order valence-corrected chi connectivity index (χ4v) is 4.02. The van der Waals surface area contributed by atoms with Gasteiger partial charge in [0.15, 0.2) is 5.13 Å². The van der Waals surface area contributed by atoms with Crippen molar-refractivity contribution < 1.29 is 4.79 Å². The van der Waals surface area contributed by atoms with Gasteiger partial charge in [-0.3, -0.25) is 9.69 Å². The summed E-state index contributed by atoms with van der Waals surface area (Å²) in [4.78, 5) is 18.7. The first kappa shape index (κ1) is 13.8. The van der Waals surface area contributed by atoms with Gasteiger partial charge in [-0.1, -0.05) is 42.7 Å². The van der Waals surface area contributed by atoms with Gasteiger partial charge in [0.25, 0.3) is 0 Å². The number of carbonyl (C=O) groups excluding carboxylic acids is 1. The topological polar surface area (TPSA) is 33.2 Å². The van der Waals surface area contributed by atoms with E-state index < -0.39 is 0 Å². The molecular formula is C15H17ClN2OS. The summed E-state index contributed by atoms with van der Waals surface area (Å²) < 4.78 is 1.12. The number of para-hydroxylation sites is 1. The lowest BCUT2D eigenvalue weighted by Gasteiger charge is -2.32. The molecule has 0 atom stereocenters. The summed E-state index contributed by atoms with van der Waals surface area (Å²) in [7, 11) is 0. The van der Waals surface area contributed by atoms with E-state index in [1.807, 2.05) is 29.2 Å². The fourth-order valence-electron chi connectivity index (χ4n) is 2.83. The summed E-state index contributed by atoms with van der Waals surface area (Å²) in [5, 5.41) is 0.795. The lowest BCUT2D eigenvalue weighted by atomic mass is 9.94. The zero-order valence-corrected chi connectivity index (χ0v) is 12.8. The highest BCUT2D eigenvalue weighted by Gasteiger charge is 2.28. The number of alkyl halides is 1. The summed E-state index contributed by atoms with van der Waals surface area (Å²) in [6, 6.07) is 8.26. The van der Waals surface area contributed by atoms with Crippen molar-refractivity contribution in [1.29, 1.82) is 0 Å². The number of halogens is 1. The number of fused-ring (bicyclic) bond motifs is 1. The molecule has 1 amide bonds. The van der Waals surface area contributed by atoms with Gasteiger partial charge in [0.2, 0.25) is 5.91 Å². The molecule has 1 saturated carbocycles. The third kappa shape index (κ3) is 2.67. The lowest BCUT2D eigenvalue weighted by Crippen LogP contribution is -2.42. The Labute approximate surface area is 127 Å². The van der Waals surface area contributed by atoms with Crippen LogP contribution in [0.4, 0.5) is 5.13 Å². The second kappa shape index (κ2) is 6.10. The van der Waals surface area contributed by atoms with Crippen LogP contribution in [0.15, 0.2) is 24.3 Å². The van der Waals surface area contributed by atoms with Crippen LogP contribution in [0.1, 0.15) is 32.1 Å². The van der Waals surface area contributed by atoms with Crippen LogP contribution >= 0.6 is 22.9 Å². The van der Waals surface area contributed by atoms with Crippen LogP contribution in [0.3, 0.4) is 0 Å². The standard InChI is InChI=1S/C15H17ClN2OS/c16-10-14(19)18(11-6-2-1-3-7-11)15-17-12-8-4-5-9-13(12)20-15/h4-5,8-9,11H,1-3,6-7,10H2. The first-order chi connectivity index (χ1) is 9.79. The summed E-state index contributed by atoms with van der Waals surface area (Å²) in [6.45, 7) is 0. The van der Waals surface area contributed by atoms with Gasteiger partial charge in [-0.05, 0) is 25.0 Å². The lowest BCUT2D eigenvalue weighted by molar-refractivity contribution is -0.116. The second-order valence-corrected chi connectivity index (χ2v) is 6.43. The number of benzene rings is 1. The van der Waals surface area contributed by atoms with Crippen LogP contribution in [0.25, 0.3) is 10.2 Å². The molecule has 1 heterocycles. The molecule has 5 heteroatoms. The number of hydrogen-bond acceptors (Lipinski definition) is 3. The quantitative estimate of drug-likeness (QED) is 0.796. The van der Waals surface area contributed by atoms with Gasteiger partial charge in [-0.2, -0.15) is 0 Å². The molecule has 1 aliphatic carbocycles. The number of aromatic nitrogens is 1. The van der Waals surface area contributed by atoms with Crippen molar-refractivity contribution in [2.75, 3.05) is 10.8 Å². The highest BCUT2D eigenvalue weighted by molar-refractivity contribution is 7.22. The Morgan fingerprint density at radius 2 is 2.05 bits per heavy atom. The maximum Gasteiger partial charge on any atom is 0.243 e. The third-order valence-corrected chi connectivity index (χ3v) is 5.08. The first-order valence-corrected chi connectivity index (χ1v) is 8.38. The molecule has 106 valence electrons. The minimum absolute atomic E-state index is 0.0203. The largest absolute Gasteiger partial charge is 0.284 e. The fraction of sp³-hybridized carbons (Fsp3) is 0.467. The molecule has 1 aromatic carbocycles. The van der Waals surface area contributed by atoms with Crippen molar-refractivity contribution in [3.63, 3.8) is 0 Å². The Hall–Kier alpha value is -1.13. The molecule has 0 saturated heterocycles. The van der Waals surface area contributed by atoms with Crippen LogP contribution in [-0.2, 0) is 4.79 Å².